The number of fused-ring (bicyclic) bond motifs is 1. The zero-order valence-corrected chi connectivity index (χ0v) is 18.1. The molecule has 1 aliphatic heterocycles. The lowest BCUT2D eigenvalue weighted by molar-refractivity contribution is 0.0693. The summed E-state index contributed by atoms with van der Waals surface area (Å²) in [6, 6.07) is 10.4. The zero-order chi connectivity index (χ0) is 22.3. The van der Waals surface area contributed by atoms with Crippen LogP contribution in [0.2, 0.25) is 0 Å². The monoisotopic (exact) mass is 441 g/mol. The number of sulfonamides is 1. The van der Waals surface area contributed by atoms with Crippen molar-refractivity contribution in [3.63, 3.8) is 0 Å². The van der Waals surface area contributed by atoms with Crippen LogP contribution in [0.15, 0.2) is 47.4 Å². The first-order chi connectivity index (χ1) is 14.7. The first-order valence-electron chi connectivity index (χ1n) is 10.1. The van der Waals surface area contributed by atoms with E-state index < -0.39 is 27.7 Å². The largest absolute Gasteiger partial charge is 0.321 e. The van der Waals surface area contributed by atoms with Crippen LogP contribution in [0.25, 0.3) is 0 Å². The first-order valence-corrected chi connectivity index (χ1v) is 11.5. The Hall–Kier alpha value is -3.04. The second-order valence-electron chi connectivity index (χ2n) is 7.84. The third kappa shape index (κ3) is 3.64. The molecule has 1 heterocycles. The number of carbonyl (C=O) groups is 3. The lowest BCUT2D eigenvalue weighted by Crippen LogP contribution is -2.35. The van der Waals surface area contributed by atoms with Gasteiger partial charge in [-0.2, -0.15) is 4.31 Å². The highest BCUT2D eigenvalue weighted by Gasteiger charge is 2.35. The summed E-state index contributed by atoms with van der Waals surface area (Å²) in [4.78, 5) is 38.3. The molecule has 1 N–H and O–H groups in total. The Kier molecular flexibility index (Phi) is 5.40. The Morgan fingerprint density at radius 2 is 1.68 bits per heavy atom. The molecular weight excluding hydrogens is 418 g/mol. The second kappa shape index (κ2) is 7.90. The molecule has 3 amide bonds. The van der Waals surface area contributed by atoms with Crippen LogP contribution in [0.5, 0.6) is 0 Å². The highest BCUT2D eigenvalue weighted by atomic mass is 32.2. The minimum Gasteiger partial charge on any atom is -0.321 e. The summed E-state index contributed by atoms with van der Waals surface area (Å²) < 4.78 is 27.2. The van der Waals surface area contributed by atoms with Gasteiger partial charge in [-0.15, -0.1) is 0 Å². The van der Waals surface area contributed by atoms with Crippen molar-refractivity contribution in [2.45, 2.75) is 36.6 Å². The van der Waals surface area contributed by atoms with Crippen molar-refractivity contribution in [3.8, 4) is 0 Å². The molecule has 2 aromatic rings. The van der Waals surface area contributed by atoms with Crippen molar-refractivity contribution < 1.29 is 22.8 Å². The molecule has 8 nitrogen and oxygen atoms in total. The fraction of sp³-hybridized carbons (Fsp3) is 0.318. The molecule has 162 valence electrons. The van der Waals surface area contributed by atoms with Crippen LogP contribution >= 0.6 is 0 Å². The number of nitrogens with one attached hydrogen (secondary N) is 1. The molecule has 2 aromatic carbocycles. The molecule has 1 aliphatic carbocycles. The van der Waals surface area contributed by atoms with Gasteiger partial charge in [0.15, 0.2) is 0 Å². The van der Waals surface area contributed by atoms with E-state index in [2.05, 4.69) is 5.32 Å². The van der Waals surface area contributed by atoms with Crippen LogP contribution in [0.1, 0.15) is 56.8 Å². The molecule has 2 aliphatic rings. The van der Waals surface area contributed by atoms with Gasteiger partial charge in [-0.1, -0.05) is 18.9 Å². The summed E-state index contributed by atoms with van der Waals surface area (Å²) >= 11 is 0. The number of amides is 3. The van der Waals surface area contributed by atoms with Crippen molar-refractivity contribution >= 4 is 33.4 Å². The smallest absolute Gasteiger partial charge is 0.263 e. The maximum absolute atomic E-state index is 12.9. The van der Waals surface area contributed by atoms with Crippen LogP contribution in [0, 0.1) is 0 Å². The molecule has 4 rings (SSSR count). The Morgan fingerprint density at radius 1 is 1.03 bits per heavy atom. The first kappa shape index (κ1) is 21.2. The average Bonchev–Trinajstić information content (AvgIpc) is 3.38. The lowest BCUT2D eigenvalue weighted by atomic mass is 10.1. The van der Waals surface area contributed by atoms with E-state index in [1.165, 1.54) is 41.7 Å². The Labute approximate surface area is 180 Å². The average molecular weight is 442 g/mol. The van der Waals surface area contributed by atoms with E-state index in [0.717, 1.165) is 30.6 Å². The highest BCUT2D eigenvalue weighted by molar-refractivity contribution is 7.89. The summed E-state index contributed by atoms with van der Waals surface area (Å²) in [6.07, 6.45) is 3.76. The minimum absolute atomic E-state index is 0.00605. The van der Waals surface area contributed by atoms with E-state index in [-0.39, 0.29) is 33.3 Å². The SMILES string of the molecule is CN1C(=O)c2cccc(NC(=O)c3ccc(S(=O)(=O)N(C)C4CCCC4)cc3)c2C1=O. The van der Waals surface area contributed by atoms with Gasteiger partial charge in [0.1, 0.15) is 0 Å². The van der Waals surface area contributed by atoms with Gasteiger partial charge in [-0.05, 0) is 49.2 Å². The number of nitrogens with zero attached hydrogens (tertiary/aromatic N) is 2. The molecule has 1 saturated carbocycles. The van der Waals surface area contributed by atoms with Gasteiger partial charge in [-0.3, -0.25) is 19.3 Å². The van der Waals surface area contributed by atoms with E-state index in [4.69, 9.17) is 0 Å². The predicted molar refractivity (Wildman–Crippen MR) is 114 cm³/mol. The van der Waals surface area contributed by atoms with Crippen molar-refractivity contribution in [1.29, 1.82) is 0 Å². The standard InChI is InChI=1S/C22H23N3O5S/c1-24-21(27)17-8-5-9-18(19(17)22(24)28)23-20(26)14-10-12-16(13-11-14)31(29,30)25(2)15-6-3-4-7-15/h5,8-13,15H,3-4,6-7H2,1-2H3,(H,23,26). The van der Waals surface area contributed by atoms with E-state index in [9.17, 15) is 22.8 Å². The number of hydrogen-bond donors (Lipinski definition) is 1. The van der Waals surface area contributed by atoms with Crippen LogP contribution in [0.4, 0.5) is 5.69 Å². The summed E-state index contributed by atoms with van der Waals surface area (Å²) in [5.74, 6) is -1.40. The molecule has 0 radical (unpaired) electrons. The molecule has 0 spiro atoms. The van der Waals surface area contributed by atoms with Crippen molar-refractivity contribution in [2.24, 2.45) is 0 Å². The number of carbonyl (C=O) groups excluding carboxylic acids is 3. The maximum atomic E-state index is 12.9. The third-order valence-electron chi connectivity index (χ3n) is 6.00. The normalized spacial score (nSPS) is 16.8. The summed E-state index contributed by atoms with van der Waals surface area (Å²) in [5, 5.41) is 2.66. The summed E-state index contributed by atoms with van der Waals surface area (Å²) in [5.41, 5.74) is 0.871. The summed E-state index contributed by atoms with van der Waals surface area (Å²) in [6.45, 7) is 0. The van der Waals surface area contributed by atoms with Gasteiger partial charge in [0.05, 0.1) is 21.7 Å². The molecule has 0 atom stereocenters. The number of hydrogen-bond acceptors (Lipinski definition) is 5. The Morgan fingerprint density at radius 3 is 2.32 bits per heavy atom. The molecule has 9 heteroatoms. The quantitative estimate of drug-likeness (QED) is 0.719. The van der Waals surface area contributed by atoms with Crippen LogP contribution < -0.4 is 5.32 Å². The molecule has 0 aromatic heterocycles. The molecule has 0 saturated heterocycles. The van der Waals surface area contributed by atoms with E-state index in [1.54, 1.807) is 19.2 Å². The van der Waals surface area contributed by atoms with Crippen molar-refractivity contribution in [1.82, 2.24) is 9.21 Å². The number of imide groups is 1. The van der Waals surface area contributed by atoms with Gasteiger partial charge >= 0.3 is 0 Å². The van der Waals surface area contributed by atoms with Crippen molar-refractivity contribution in [2.75, 3.05) is 19.4 Å². The van der Waals surface area contributed by atoms with Gasteiger partial charge in [-0.25, -0.2) is 8.42 Å². The molecule has 0 bridgehead atoms. The molecular formula is C22H23N3O5S. The topological polar surface area (TPSA) is 104 Å². The zero-order valence-electron chi connectivity index (χ0n) is 17.3. The molecule has 31 heavy (non-hydrogen) atoms. The van der Waals surface area contributed by atoms with Gasteiger partial charge in [0, 0.05) is 25.7 Å². The second-order valence-corrected chi connectivity index (χ2v) is 9.83. The lowest BCUT2D eigenvalue weighted by Gasteiger charge is -2.23. The predicted octanol–water partition coefficient (Wildman–Crippen LogP) is 2.73. The van der Waals surface area contributed by atoms with Crippen LogP contribution in [-0.2, 0) is 10.0 Å². The van der Waals surface area contributed by atoms with Crippen molar-refractivity contribution in [3.05, 3.63) is 59.2 Å². The third-order valence-corrected chi connectivity index (χ3v) is 7.92. The number of benzene rings is 2. The fourth-order valence-electron chi connectivity index (χ4n) is 4.11. The highest BCUT2D eigenvalue weighted by Crippen LogP contribution is 2.30. The number of anilines is 1. The van der Waals surface area contributed by atoms with Gasteiger partial charge in [0.2, 0.25) is 10.0 Å². The van der Waals surface area contributed by atoms with Crippen LogP contribution in [0.3, 0.4) is 0 Å². The molecule has 1 fully saturated rings. The fourth-order valence-corrected chi connectivity index (χ4v) is 5.52. The van der Waals surface area contributed by atoms with E-state index in [0.29, 0.717) is 0 Å². The van der Waals surface area contributed by atoms with Crippen LogP contribution in [-0.4, -0.2) is 55.5 Å². The minimum atomic E-state index is -3.64. The van der Waals surface area contributed by atoms with Gasteiger partial charge in [0.25, 0.3) is 17.7 Å². The number of rotatable bonds is 5. The Bertz CT molecular complexity index is 1170. The van der Waals surface area contributed by atoms with E-state index in [1.807, 2.05) is 0 Å². The van der Waals surface area contributed by atoms with E-state index >= 15 is 0 Å². The summed E-state index contributed by atoms with van der Waals surface area (Å²) in [7, 11) is -0.656. The van der Waals surface area contributed by atoms with Gasteiger partial charge < -0.3 is 5.32 Å². The molecule has 0 unspecified atom stereocenters. The maximum Gasteiger partial charge on any atom is 0.263 e. The Balaban J connectivity index is 1.54.